The minimum atomic E-state index is -0.559. The normalized spacial score (nSPS) is 10.7. The highest BCUT2D eigenvalue weighted by Gasteiger charge is 2.13. The van der Waals surface area contributed by atoms with Crippen LogP contribution in [0.25, 0.3) is 11.2 Å². The minimum Gasteiger partial charge on any atom is -0.504 e. The van der Waals surface area contributed by atoms with E-state index in [4.69, 9.17) is 11.6 Å². The van der Waals surface area contributed by atoms with E-state index in [2.05, 4.69) is 25.3 Å². The molecule has 0 bridgehead atoms. The second-order valence-corrected chi connectivity index (χ2v) is 4.45. The van der Waals surface area contributed by atoms with Crippen LogP contribution in [0.5, 0.6) is 11.5 Å². The molecule has 0 spiro atoms. The van der Waals surface area contributed by atoms with Crippen molar-refractivity contribution in [3.63, 3.8) is 0 Å². The number of carbonyl (C=O) groups excluding carboxylic acids is 1. The number of rotatable bonds is 2. The molecule has 0 radical (unpaired) electrons. The number of aromatic hydroxyl groups is 2. The first-order valence-electron chi connectivity index (χ1n) is 5.74. The molecule has 1 aromatic carbocycles. The van der Waals surface area contributed by atoms with Crippen molar-refractivity contribution in [1.29, 1.82) is 0 Å². The molecule has 0 atom stereocenters. The monoisotopic (exact) mass is 305 g/mol. The van der Waals surface area contributed by atoms with Gasteiger partial charge in [-0.05, 0) is 18.2 Å². The Hall–Kier alpha value is -2.87. The number of nitrogens with zero attached hydrogens (tertiary/aromatic N) is 3. The molecule has 8 nitrogen and oxygen atoms in total. The second-order valence-electron chi connectivity index (χ2n) is 4.10. The first-order chi connectivity index (χ1) is 10.0. The number of hydrogen-bond donors (Lipinski definition) is 4. The number of H-pyrrole nitrogens is 1. The molecule has 0 unspecified atom stereocenters. The standard InChI is InChI=1S/C12H8ClN5O3/c13-9-8-10(15-4-14-8)17-12(16-9)18-11(21)5-1-2-6(19)7(20)3-5/h1-4,19-20H,(H2,14,15,16,17,18,21). The number of fused-ring (bicyclic) bond motifs is 1. The summed E-state index contributed by atoms with van der Waals surface area (Å²) in [5.41, 5.74) is 0.919. The number of nitrogens with one attached hydrogen (secondary N) is 2. The summed E-state index contributed by atoms with van der Waals surface area (Å²) in [6.45, 7) is 0. The van der Waals surface area contributed by atoms with Gasteiger partial charge in [0.25, 0.3) is 5.91 Å². The zero-order valence-electron chi connectivity index (χ0n) is 10.3. The van der Waals surface area contributed by atoms with Gasteiger partial charge in [-0.25, -0.2) is 4.98 Å². The largest absolute Gasteiger partial charge is 0.504 e. The van der Waals surface area contributed by atoms with Gasteiger partial charge in [0.2, 0.25) is 5.95 Å². The lowest BCUT2D eigenvalue weighted by Gasteiger charge is -2.05. The summed E-state index contributed by atoms with van der Waals surface area (Å²) < 4.78 is 0. The molecule has 0 fully saturated rings. The molecule has 4 N–H and O–H groups in total. The van der Waals surface area contributed by atoms with E-state index in [0.717, 1.165) is 6.07 Å². The summed E-state index contributed by atoms with van der Waals surface area (Å²) >= 11 is 5.93. The maximum Gasteiger partial charge on any atom is 0.258 e. The summed E-state index contributed by atoms with van der Waals surface area (Å²) in [5.74, 6) is -1.29. The number of anilines is 1. The summed E-state index contributed by atoms with van der Waals surface area (Å²) in [4.78, 5) is 26.6. The van der Waals surface area contributed by atoms with Gasteiger partial charge in [0.05, 0.1) is 6.33 Å². The highest BCUT2D eigenvalue weighted by molar-refractivity contribution is 6.33. The smallest absolute Gasteiger partial charge is 0.258 e. The van der Waals surface area contributed by atoms with Crippen LogP contribution >= 0.6 is 11.6 Å². The highest BCUT2D eigenvalue weighted by atomic mass is 35.5. The number of phenols is 2. The van der Waals surface area contributed by atoms with Crippen LogP contribution in [-0.4, -0.2) is 36.1 Å². The van der Waals surface area contributed by atoms with E-state index in [1.807, 2.05) is 0 Å². The summed E-state index contributed by atoms with van der Waals surface area (Å²) in [5, 5.41) is 21.1. The Balaban J connectivity index is 1.90. The van der Waals surface area contributed by atoms with E-state index in [-0.39, 0.29) is 22.4 Å². The minimum absolute atomic E-state index is 0.0165. The molecule has 0 aliphatic carbocycles. The zero-order valence-corrected chi connectivity index (χ0v) is 11.1. The van der Waals surface area contributed by atoms with E-state index in [1.54, 1.807) is 0 Å². The molecular formula is C12H8ClN5O3. The number of carbonyl (C=O) groups is 1. The molecule has 21 heavy (non-hydrogen) atoms. The third-order valence-electron chi connectivity index (χ3n) is 2.70. The van der Waals surface area contributed by atoms with Gasteiger partial charge in [-0.1, -0.05) is 11.6 Å². The Bertz CT molecular complexity index is 848. The molecule has 3 rings (SSSR count). The van der Waals surface area contributed by atoms with Gasteiger partial charge >= 0.3 is 0 Å². The van der Waals surface area contributed by atoms with Crippen LogP contribution in [0.2, 0.25) is 5.15 Å². The third kappa shape index (κ3) is 2.43. The van der Waals surface area contributed by atoms with Crippen LogP contribution < -0.4 is 5.32 Å². The number of amides is 1. The summed E-state index contributed by atoms with van der Waals surface area (Å²) in [6.07, 6.45) is 1.41. The average molecular weight is 306 g/mol. The molecule has 106 valence electrons. The molecule has 9 heteroatoms. The fraction of sp³-hybridized carbons (Fsp3) is 0. The van der Waals surface area contributed by atoms with Crippen molar-refractivity contribution in [3.8, 4) is 11.5 Å². The van der Waals surface area contributed by atoms with E-state index in [0.29, 0.717) is 11.2 Å². The number of phenolic OH excluding ortho intramolecular Hbond substituents is 2. The van der Waals surface area contributed by atoms with Crippen molar-refractivity contribution in [2.75, 3.05) is 5.32 Å². The first kappa shape index (κ1) is 13.1. The van der Waals surface area contributed by atoms with Crippen molar-refractivity contribution in [2.24, 2.45) is 0 Å². The average Bonchev–Trinajstić information content (AvgIpc) is 2.90. The molecular weight excluding hydrogens is 298 g/mol. The van der Waals surface area contributed by atoms with E-state index in [1.165, 1.54) is 18.5 Å². The molecule has 0 saturated heterocycles. The maximum absolute atomic E-state index is 12.0. The Morgan fingerprint density at radius 3 is 2.81 bits per heavy atom. The van der Waals surface area contributed by atoms with Crippen LogP contribution in [0.4, 0.5) is 5.95 Å². The molecule has 0 saturated carbocycles. The van der Waals surface area contributed by atoms with Crippen LogP contribution in [0.15, 0.2) is 24.5 Å². The molecule has 1 amide bonds. The lowest BCUT2D eigenvalue weighted by molar-refractivity contribution is 0.102. The lowest BCUT2D eigenvalue weighted by atomic mass is 10.2. The highest BCUT2D eigenvalue weighted by Crippen LogP contribution is 2.25. The Labute approximate surface area is 122 Å². The summed E-state index contributed by atoms with van der Waals surface area (Å²) in [7, 11) is 0. The van der Waals surface area contributed by atoms with Crippen LogP contribution in [0.3, 0.4) is 0 Å². The number of halogens is 1. The van der Waals surface area contributed by atoms with Gasteiger partial charge in [0, 0.05) is 5.56 Å². The van der Waals surface area contributed by atoms with Crippen LogP contribution in [0, 0.1) is 0 Å². The molecule has 0 aliphatic heterocycles. The van der Waals surface area contributed by atoms with Gasteiger partial charge in [0.1, 0.15) is 5.52 Å². The SMILES string of the molecule is O=C(Nc1nc(Cl)c2[nH]cnc2n1)c1ccc(O)c(O)c1. The van der Waals surface area contributed by atoms with Crippen molar-refractivity contribution in [1.82, 2.24) is 19.9 Å². The predicted octanol–water partition coefficient (Wildman–Crippen LogP) is 1.67. The van der Waals surface area contributed by atoms with Gasteiger partial charge in [0.15, 0.2) is 22.3 Å². The predicted molar refractivity (Wildman–Crippen MR) is 74.4 cm³/mol. The van der Waals surface area contributed by atoms with Gasteiger partial charge in [-0.2, -0.15) is 9.97 Å². The molecule has 3 aromatic rings. The van der Waals surface area contributed by atoms with E-state index in [9.17, 15) is 15.0 Å². The third-order valence-corrected chi connectivity index (χ3v) is 2.98. The van der Waals surface area contributed by atoms with E-state index >= 15 is 0 Å². The first-order valence-corrected chi connectivity index (χ1v) is 6.12. The zero-order chi connectivity index (χ0) is 15.0. The quantitative estimate of drug-likeness (QED) is 0.422. The number of benzene rings is 1. The fourth-order valence-electron chi connectivity index (χ4n) is 1.69. The topological polar surface area (TPSA) is 124 Å². The Kier molecular flexibility index (Phi) is 3.07. The Morgan fingerprint density at radius 2 is 2.05 bits per heavy atom. The van der Waals surface area contributed by atoms with Crippen molar-refractivity contribution in [3.05, 3.63) is 35.2 Å². The number of aromatic amines is 1. The number of hydrogen-bond acceptors (Lipinski definition) is 6. The molecule has 2 heterocycles. The number of imidazole rings is 1. The van der Waals surface area contributed by atoms with Crippen molar-refractivity contribution < 1.29 is 15.0 Å². The second kappa shape index (κ2) is 4.91. The maximum atomic E-state index is 12.0. The van der Waals surface area contributed by atoms with Crippen LogP contribution in [0.1, 0.15) is 10.4 Å². The number of aromatic nitrogens is 4. The van der Waals surface area contributed by atoms with Gasteiger partial charge in [-0.3, -0.25) is 10.1 Å². The van der Waals surface area contributed by atoms with Crippen LogP contribution in [-0.2, 0) is 0 Å². The van der Waals surface area contributed by atoms with E-state index < -0.39 is 11.7 Å². The van der Waals surface area contributed by atoms with Crippen molar-refractivity contribution >= 4 is 34.6 Å². The molecule has 2 aromatic heterocycles. The Morgan fingerprint density at radius 1 is 1.24 bits per heavy atom. The fourth-order valence-corrected chi connectivity index (χ4v) is 1.91. The summed E-state index contributed by atoms with van der Waals surface area (Å²) in [6, 6.07) is 3.67. The van der Waals surface area contributed by atoms with Gasteiger partial charge < -0.3 is 15.2 Å². The van der Waals surface area contributed by atoms with Crippen molar-refractivity contribution in [2.45, 2.75) is 0 Å². The lowest BCUT2D eigenvalue weighted by Crippen LogP contribution is -2.14. The van der Waals surface area contributed by atoms with Gasteiger partial charge in [-0.15, -0.1) is 0 Å². The molecule has 0 aliphatic rings.